The number of nitrogens with one attached hydrogen (secondary N) is 1. The number of carbonyl (C=O) groups excluding carboxylic acids is 2. The van der Waals surface area contributed by atoms with E-state index in [1.165, 1.54) is 6.07 Å². The topological polar surface area (TPSA) is 77.5 Å². The maximum absolute atomic E-state index is 13.1. The van der Waals surface area contributed by atoms with Crippen molar-refractivity contribution in [2.45, 2.75) is 6.61 Å². The number of anilines is 1. The maximum atomic E-state index is 13.1. The molecule has 0 spiro atoms. The van der Waals surface area contributed by atoms with Gasteiger partial charge < -0.3 is 14.8 Å². The zero-order valence-electron chi connectivity index (χ0n) is 20.6. The van der Waals surface area contributed by atoms with Gasteiger partial charge in [-0.25, -0.2) is 9.78 Å². The predicted octanol–water partition coefficient (Wildman–Crippen LogP) is 7.58. The van der Waals surface area contributed by atoms with Crippen LogP contribution >= 0.6 is 23.2 Å². The Labute approximate surface area is 235 Å². The van der Waals surface area contributed by atoms with Crippen LogP contribution in [0.4, 0.5) is 5.69 Å². The third-order valence-electron chi connectivity index (χ3n) is 5.87. The molecule has 1 heterocycles. The number of benzene rings is 4. The van der Waals surface area contributed by atoms with Gasteiger partial charge >= 0.3 is 5.97 Å². The SMILES string of the molecule is O=C(COC(=O)c1cc(-c2ccc(OCc3ccccc3)cc2)nc2ccccc12)Nc1cc(Cl)ccc1Cl. The molecule has 0 aliphatic heterocycles. The van der Waals surface area contributed by atoms with Crippen LogP contribution < -0.4 is 10.1 Å². The number of esters is 1. The number of amides is 1. The van der Waals surface area contributed by atoms with Crippen molar-refractivity contribution in [3.8, 4) is 17.0 Å². The van der Waals surface area contributed by atoms with Crippen molar-refractivity contribution >= 4 is 51.7 Å². The monoisotopic (exact) mass is 556 g/mol. The number of halogens is 2. The molecule has 0 aliphatic rings. The second-order valence-electron chi connectivity index (χ2n) is 8.62. The van der Waals surface area contributed by atoms with Crippen molar-refractivity contribution < 1.29 is 19.1 Å². The molecule has 194 valence electrons. The molecule has 1 aromatic heterocycles. The summed E-state index contributed by atoms with van der Waals surface area (Å²) in [5, 5.41) is 3.95. The largest absolute Gasteiger partial charge is 0.489 e. The Morgan fingerprint density at radius 1 is 0.821 bits per heavy atom. The summed E-state index contributed by atoms with van der Waals surface area (Å²) in [7, 11) is 0. The lowest BCUT2D eigenvalue weighted by Gasteiger charge is -2.12. The van der Waals surface area contributed by atoms with E-state index in [0.717, 1.165) is 11.1 Å². The van der Waals surface area contributed by atoms with E-state index < -0.39 is 18.5 Å². The van der Waals surface area contributed by atoms with Crippen LogP contribution in [0.1, 0.15) is 15.9 Å². The summed E-state index contributed by atoms with van der Waals surface area (Å²) in [6.07, 6.45) is 0. The minimum Gasteiger partial charge on any atom is -0.489 e. The molecule has 0 unspecified atom stereocenters. The average molecular weight is 557 g/mol. The van der Waals surface area contributed by atoms with E-state index in [4.69, 9.17) is 37.7 Å². The molecule has 0 fully saturated rings. The molecule has 39 heavy (non-hydrogen) atoms. The Morgan fingerprint density at radius 3 is 2.36 bits per heavy atom. The number of pyridine rings is 1. The Morgan fingerprint density at radius 2 is 1.56 bits per heavy atom. The van der Waals surface area contributed by atoms with E-state index >= 15 is 0 Å². The summed E-state index contributed by atoms with van der Waals surface area (Å²) in [6.45, 7) is -0.0391. The van der Waals surface area contributed by atoms with E-state index in [1.807, 2.05) is 72.8 Å². The van der Waals surface area contributed by atoms with Crippen molar-refractivity contribution in [3.63, 3.8) is 0 Å². The summed E-state index contributed by atoms with van der Waals surface area (Å²) >= 11 is 12.1. The predicted molar refractivity (Wildman–Crippen MR) is 153 cm³/mol. The van der Waals surface area contributed by atoms with Gasteiger partial charge in [0.25, 0.3) is 5.91 Å². The number of carbonyl (C=O) groups is 2. The number of nitrogens with zero attached hydrogens (tertiary/aromatic N) is 1. The van der Waals surface area contributed by atoms with Gasteiger partial charge in [-0.2, -0.15) is 0 Å². The molecule has 0 aliphatic carbocycles. The fourth-order valence-electron chi connectivity index (χ4n) is 3.94. The van der Waals surface area contributed by atoms with Crippen molar-refractivity contribution in [3.05, 3.63) is 124 Å². The van der Waals surface area contributed by atoms with Crippen molar-refractivity contribution in [2.75, 3.05) is 11.9 Å². The van der Waals surface area contributed by atoms with Gasteiger partial charge in [0, 0.05) is 16.0 Å². The quantitative estimate of drug-likeness (QED) is 0.199. The zero-order valence-corrected chi connectivity index (χ0v) is 22.1. The van der Waals surface area contributed by atoms with Gasteiger partial charge in [-0.1, -0.05) is 71.7 Å². The molecule has 0 atom stereocenters. The number of aromatic nitrogens is 1. The zero-order chi connectivity index (χ0) is 27.2. The Bertz CT molecular complexity index is 1640. The van der Waals surface area contributed by atoms with Crippen LogP contribution in [0.3, 0.4) is 0 Å². The third kappa shape index (κ3) is 6.55. The first kappa shape index (κ1) is 26.2. The van der Waals surface area contributed by atoms with E-state index in [1.54, 1.807) is 24.3 Å². The highest BCUT2D eigenvalue weighted by Gasteiger charge is 2.17. The Hall–Kier alpha value is -4.39. The first-order valence-corrected chi connectivity index (χ1v) is 12.8. The molecule has 4 aromatic carbocycles. The Kier molecular flexibility index (Phi) is 8.06. The standard InChI is InChI=1S/C31H22Cl2N2O4/c32-22-12-15-26(33)29(16-22)35-30(36)19-39-31(37)25-17-28(34-27-9-5-4-8-24(25)27)21-10-13-23(14-11-21)38-18-20-6-2-1-3-7-20/h1-17H,18-19H2,(H,35,36). The van der Waals surface area contributed by atoms with E-state index in [2.05, 4.69) is 5.32 Å². The molecule has 6 nitrogen and oxygen atoms in total. The van der Waals surface area contributed by atoms with Gasteiger partial charge in [0.05, 0.1) is 27.5 Å². The summed E-state index contributed by atoms with van der Waals surface area (Å²) in [6, 6.07) is 31.0. The van der Waals surface area contributed by atoms with E-state index in [0.29, 0.717) is 50.2 Å². The second kappa shape index (κ2) is 12.0. The molecule has 0 bridgehead atoms. The first-order chi connectivity index (χ1) is 19.0. The average Bonchev–Trinajstić information content (AvgIpc) is 2.97. The molecule has 5 aromatic rings. The third-order valence-corrected chi connectivity index (χ3v) is 6.44. The highest BCUT2D eigenvalue weighted by molar-refractivity contribution is 6.35. The molecule has 1 N–H and O–H groups in total. The minimum atomic E-state index is -0.648. The number of hydrogen-bond acceptors (Lipinski definition) is 5. The second-order valence-corrected chi connectivity index (χ2v) is 9.46. The molecule has 8 heteroatoms. The summed E-state index contributed by atoms with van der Waals surface area (Å²) in [4.78, 5) is 30.2. The number of para-hydroxylation sites is 1. The summed E-state index contributed by atoms with van der Waals surface area (Å²) < 4.78 is 11.2. The lowest BCUT2D eigenvalue weighted by Crippen LogP contribution is -2.21. The van der Waals surface area contributed by atoms with E-state index in [9.17, 15) is 9.59 Å². The molecule has 0 saturated carbocycles. The highest BCUT2D eigenvalue weighted by atomic mass is 35.5. The lowest BCUT2D eigenvalue weighted by molar-refractivity contribution is -0.119. The fraction of sp³-hybridized carbons (Fsp3) is 0.0645. The number of fused-ring (bicyclic) bond motifs is 1. The number of ether oxygens (including phenoxy) is 2. The van der Waals surface area contributed by atoms with Gasteiger partial charge in [-0.15, -0.1) is 0 Å². The van der Waals surface area contributed by atoms with Crippen molar-refractivity contribution in [2.24, 2.45) is 0 Å². The van der Waals surface area contributed by atoms with E-state index in [-0.39, 0.29) is 0 Å². The summed E-state index contributed by atoms with van der Waals surface area (Å²) in [5.74, 6) is -0.476. The van der Waals surface area contributed by atoms with Gasteiger partial charge in [-0.3, -0.25) is 4.79 Å². The van der Waals surface area contributed by atoms with Gasteiger partial charge in [-0.05, 0) is 60.2 Å². The van der Waals surface area contributed by atoms with Crippen molar-refractivity contribution in [1.29, 1.82) is 0 Å². The van der Waals surface area contributed by atoms with Crippen LogP contribution in [0, 0.1) is 0 Å². The van der Waals surface area contributed by atoms with Gasteiger partial charge in [0.1, 0.15) is 12.4 Å². The van der Waals surface area contributed by atoms with Crippen LogP contribution in [0.2, 0.25) is 10.0 Å². The molecular weight excluding hydrogens is 535 g/mol. The molecule has 0 radical (unpaired) electrons. The van der Waals surface area contributed by atoms with Crippen LogP contribution in [-0.2, 0) is 16.1 Å². The number of hydrogen-bond donors (Lipinski definition) is 1. The molecular formula is C31H22Cl2N2O4. The maximum Gasteiger partial charge on any atom is 0.339 e. The van der Waals surface area contributed by atoms with Gasteiger partial charge in [0.2, 0.25) is 0 Å². The molecule has 5 rings (SSSR count). The highest BCUT2D eigenvalue weighted by Crippen LogP contribution is 2.28. The molecule has 1 amide bonds. The van der Waals surface area contributed by atoms with Gasteiger partial charge in [0.15, 0.2) is 6.61 Å². The van der Waals surface area contributed by atoms with Crippen molar-refractivity contribution in [1.82, 2.24) is 4.98 Å². The smallest absolute Gasteiger partial charge is 0.339 e. The van der Waals surface area contributed by atoms with Crippen LogP contribution in [0.15, 0.2) is 103 Å². The van der Waals surface area contributed by atoms with Crippen LogP contribution in [0.25, 0.3) is 22.2 Å². The molecule has 0 saturated heterocycles. The lowest BCUT2D eigenvalue weighted by atomic mass is 10.0. The summed E-state index contributed by atoms with van der Waals surface area (Å²) in [5.41, 5.74) is 3.72. The van der Waals surface area contributed by atoms with Crippen LogP contribution in [0.5, 0.6) is 5.75 Å². The first-order valence-electron chi connectivity index (χ1n) is 12.1. The Balaban J connectivity index is 1.32. The van der Waals surface area contributed by atoms with Crippen LogP contribution in [-0.4, -0.2) is 23.5 Å². The normalized spacial score (nSPS) is 10.7. The minimum absolute atomic E-state index is 0.300. The fourth-order valence-corrected chi connectivity index (χ4v) is 4.28. The number of rotatable bonds is 8.